The average molecular weight is 210 g/mol. The summed E-state index contributed by atoms with van der Waals surface area (Å²) >= 11 is 0. The van der Waals surface area contributed by atoms with Gasteiger partial charge in [-0.05, 0) is 62.2 Å². The second kappa shape index (κ2) is 3.74. The highest BCUT2D eigenvalue weighted by Gasteiger charge is 2.44. The number of hydrogen-bond donors (Lipinski definition) is 2. The van der Waals surface area contributed by atoms with Gasteiger partial charge in [-0.2, -0.15) is 0 Å². The van der Waals surface area contributed by atoms with Crippen molar-refractivity contribution in [2.75, 3.05) is 0 Å². The van der Waals surface area contributed by atoms with Crippen LogP contribution in [-0.4, -0.2) is 22.4 Å². The van der Waals surface area contributed by atoms with Crippen molar-refractivity contribution in [3.63, 3.8) is 0 Å². The standard InChI is InChI=1S/C13H22O2/c14-12-4-3-10(7-13(12)15)11-6-8-1-2-9(11)5-8/h8-15H,1-7H2. The first-order chi connectivity index (χ1) is 7.24. The Kier molecular flexibility index (Phi) is 2.52. The molecular weight excluding hydrogens is 188 g/mol. The molecule has 0 spiro atoms. The summed E-state index contributed by atoms with van der Waals surface area (Å²) in [4.78, 5) is 0. The van der Waals surface area contributed by atoms with Gasteiger partial charge in [0, 0.05) is 0 Å². The van der Waals surface area contributed by atoms with E-state index in [1.165, 1.54) is 25.7 Å². The second-order valence-corrected chi connectivity index (χ2v) is 6.05. The zero-order valence-electron chi connectivity index (χ0n) is 9.31. The minimum Gasteiger partial charge on any atom is -0.390 e. The van der Waals surface area contributed by atoms with Crippen molar-refractivity contribution in [3.8, 4) is 0 Å². The summed E-state index contributed by atoms with van der Waals surface area (Å²) in [6.45, 7) is 0. The lowest BCUT2D eigenvalue weighted by Gasteiger charge is -2.37. The predicted molar refractivity (Wildman–Crippen MR) is 58.3 cm³/mol. The van der Waals surface area contributed by atoms with Crippen LogP contribution in [0.1, 0.15) is 44.9 Å². The first-order valence-corrected chi connectivity index (χ1v) is 6.60. The molecule has 3 saturated carbocycles. The fourth-order valence-corrected chi connectivity index (χ4v) is 4.42. The van der Waals surface area contributed by atoms with Crippen LogP contribution in [-0.2, 0) is 0 Å². The molecule has 6 unspecified atom stereocenters. The average Bonchev–Trinajstić information content (AvgIpc) is 2.83. The number of fused-ring (bicyclic) bond motifs is 2. The molecule has 3 aliphatic carbocycles. The molecule has 3 aliphatic rings. The molecule has 0 aromatic carbocycles. The normalized spacial score (nSPS) is 54.8. The molecule has 0 radical (unpaired) electrons. The summed E-state index contributed by atoms with van der Waals surface area (Å²) in [5.74, 6) is 3.55. The van der Waals surface area contributed by atoms with Crippen LogP contribution in [0.15, 0.2) is 0 Å². The van der Waals surface area contributed by atoms with Crippen LogP contribution in [0.5, 0.6) is 0 Å². The minimum atomic E-state index is -0.445. The van der Waals surface area contributed by atoms with Gasteiger partial charge in [0.15, 0.2) is 0 Å². The topological polar surface area (TPSA) is 40.5 Å². The summed E-state index contributed by atoms with van der Waals surface area (Å²) in [6, 6.07) is 0. The highest BCUT2D eigenvalue weighted by molar-refractivity contribution is 4.95. The fraction of sp³-hybridized carbons (Fsp3) is 1.00. The van der Waals surface area contributed by atoms with Crippen LogP contribution in [0.2, 0.25) is 0 Å². The Morgan fingerprint density at radius 3 is 2.00 bits per heavy atom. The molecule has 3 rings (SSSR count). The monoisotopic (exact) mass is 210 g/mol. The molecule has 3 fully saturated rings. The van der Waals surface area contributed by atoms with E-state index in [4.69, 9.17) is 0 Å². The Morgan fingerprint density at radius 2 is 1.40 bits per heavy atom. The summed E-state index contributed by atoms with van der Waals surface area (Å²) in [7, 11) is 0. The molecular formula is C13H22O2. The lowest BCUT2D eigenvalue weighted by Crippen LogP contribution is -2.37. The van der Waals surface area contributed by atoms with Crippen molar-refractivity contribution in [1.82, 2.24) is 0 Å². The molecule has 0 aromatic rings. The Balaban J connectivity index is 1.63. The summed E-state index contributed by atoms with van der Waals surface area (Å²) in [6.07, 6.45) is 7.70. The third-order valence-electron chi connectivity index (χ3n) is 5.22. The van der Waals surface area contributed by atoms with Gasteiger partial charge in [-0.25, -0.2) is 0 Å². The smallest absolute Gasteiger partial charge is 0.0801 e. The van der Waals surface area contributed by atoms with Gasteiger partial charge in [-0.1, -0.05) is 6.42 Å². The number of hydrogen-bond acceptors (Lipinski definition) is 2. The minimum absolute atomic E-state index is 0.442. The predicted octanol–water partition coefficient (Wildman–Crippen LogP) is 1.94. The van der Waals surface area contributed by atoms with E-state index in [1.807, 2.05) is 0 Å². The number of aliphatic hydroxyl groups excluding tert-OH is 2. The van der Waals surface area contributed by atoms with E-state index in [-0.39, 0.29) is 0 Å². The van der Waals surface area contributed by atoms with Gasteiger partial charge in [-0.15, -0.1) is 0 Å². The molecule has 2 nitrogen and oxygen atoms in total. The van der Waals surface area contributed by atoms with E-state index in [0.717, 1.165) is 37.0 Å². The lowest BCUT2D eigenvalue weighted by molar-refractivity contribution is -0.0392. The molecule has 0 amide bonds. The molecule has 86 valence electrons. The zero-order chi connectivity index (χ0) is 10.4. The van der Waals surface area contributed by atoms with Gasteiger partial charge in [0.1, 0.15) is 0 Å². The van der Waals surface area contributed by atoms with Crippen molar-refractivity contribution in [3.05, 3.63) is 0 Å². The molecule has 15 heavy (non-hydrogen) atoms. The number of aliphatic hydroxyl groups is 2. The zero-order valence-corrected chi connectivity index (χ0v) is 9.31. The first-order valence-electron chi connectivity index (χ1n) is 6.60. The van der Waals surface area contributed by atoms with Crippen LogP contribution >= 0.6 is 0 Å². The molecule has 2 N–H and O–H groups in total. The largest absolute Gasteiger partial charge is 0.390 e. The van der Waals surface area contributed by atoms with Crippen LogP contribution < -0.4 is 0 Å². The highest BCUT2D eigenvalue weighted by atomic mass is 16.3. The van der Waals surface area contributed by atoms with Crippen molar-refractivity contribution in [2.45, 2.75) is 57.2 Å². The fourth-order valence-electron chi connectivity index (χ4n) is 4.42. The van der Waals surface area contributed by atoms with Gasteiger partial charge in [-0.3, -0.25) is 0 Å². The molecule has 0 aliphatic heterocycles. The molecule has 0 saturated heterocycles. The van der Waals surface area contributed by atoms with Gasteiger partial charge < -0.3 is 10.2 Å². The summed E-state index contributed by atoms with van der Waals surface area (Å²) in [5, 5.41) is 19.2. The van der Waals surface area contributed by atoms with E-state index in [9.17, 15) is 10.2 Å². The van der Waals surface area contributed by atoms with E-state index in [0.29, 0.717) is 5.92 Å². The summed E-state index contributed by atoms with van der Waals surface area (Å²) < 4.78 is 0. The van der Waals surface area contributed by atoms with Crippen LogP contribution in [0.3, 0.4) is 0 Å². The molecule has 6 atom stereocenters. The lowest BCUT2D eigenvalue weighted by atomic mass is 9.71. The second-order valence-electron chi connectivity index (χ2n) is 6.05. The van der Waals surface area contributed by atoms with Gasteiger partial charge >= 0.3 is 0 Å². The van der Waals surface area contributed by atoms with Crippen LogP contribution in [0.25, 0.3) is 0 Å². The van der Waals surface area contributed by atoms with Gasteiger partial charge in [0.05, 0.1) is 12.2 Å². The van der Waals surface area contributed by atoms with Crippen molar-refractivity contribution >= 4 is 0 Å². The van der Waals surface area contributed by atoms with E-state index < -0.39 is 12.2 Å². The van der Waals surface area contributed by atoms with Gasteiger partial charge in [0.25, 0.3) is 0 Å². The maximum Gasteiger partial charge on any atom is 0.0801 e. The van der Waals surface area contributed by atoms with E-state index in [2.05, 4.69) is 0 Å². The van der Waals surface area contributed by atoms with E-state index >= 15 is 0 Å². The van der Waals surface area contributed by atoms with Crippen LogP contribution in [0, 0.1) is 23.7 Å². The third-order valence-corrected chi connectivity index (χ3v) is 5.22. The van der Waals surface area contributed by atoms with Gasteiger partial charge in [0.2, 0.25) is 0 Å². The SMILES string of the molecule is OC1CCC(C2CC3CCC2C3)CC1O. The quantitative estimate of drug-likeness (QED) is 0.694. The third kappa shape index (κ3) is 1.72. The Labute approximate surface area is 91.7 Å². The molecule has 0 aromatic heterocycles. The Morgan fingerprint density at radius 1 is 0.667 bits per heavy atom. The first kappa shape index (κ1) is 10.1. The maximum absolute atomic E-state index is 9.73. The maximum atomic E-state index is 9.73. The van der Waals surface area contributed by atoms with Crippen molar-refractivity contribution in [2.24, 2.45) is 23.7 Å². The highest BCUT2D eigenvalue weighted by Crippen LogP contribution is 2.53. The van der Waals surface area contributed by atoms with Crippen molar-refractivity contribution < 1.29 is 10.2 Å². The van der Waals surface area contributed by atoms with Crippen LogP contribution in [0.4, 0.5) is 0 Å². The molecule has 2 bridgehead atoms. The molecule has 0 heterocycles. The summed E-state index contributed by atoms with van der Waals surface area (Å²) in [5.41, 5.74) is 0. The molecule has 2 heteroatoms. The number of rotatable bonds is 1. The Bertz CT molecular complexity index is 241. The van der Waals surface area contributed by atoms with E-state index in [1.54, 1.807) is 0 Å². The Hall–Kier alpha value is -0.0800. The van der Waals surface area contributed by atoms with Crippen molar-refractivity contribution in [1.29, 1.82) is 0 Å².